The van der Waals surface area contributed by atoms with Crippen LogP contribution in [0.1, 0.15) is 51.8 Å². The molecule has 1 aromatic heterocycles. The number of ether oxygens (including phenoxy) is 1. The first-order valence-corrected chi connectivity index (χ1v) is 9.61. The molecule has 1 aliphatic carbocycles. The van der Waals surface area contributed by atoms with Crippen molar-refractivity contribution in [1.82, 2.24) is 9.78 Å². The molecule has 0 spiro atoms. The van der Waals surface area contributed by atoms with Gasteiger partial charge in [0.15, 0.2) is 5.75 Å². The van der Waals surface area contributed by atoms with Gasteiger partial charge in [-0.2, -0.15) is 5.10 Å². The van der Waals surface area contributed by atoms with E-state index in [0.717, 1.165) is 36.1 Å². The van der Waals surface area contributed by atoms with Crippen LogP contribution in [-0.2, 0) is 13.0 Å². The molecule has 0 atom stereocenters. The molecule has 26 heavy (non-hydrogen) atoms. The van der Waals surface area contributed by atoms with Gasteiger partial charge >= 0.3 is 0 Å². The number of aryl methyl sites for hydroxylation is 2. The van der Waals surface area contributed by atoms with Crippen LogP contribution in [0.2, 0.25) is 0 Å². The van der Waals surface area contributed by atoms with E-state index in [4.69, 9.17) is 4.74 Å². The van der Waals surface area contributed by atoms with Crippen LogP contribution in [0, 0.1) is 12.8 Å². The first kappa shape index (κ1) is 20.0. The fourth-order valence-electron chi connectivity index (χ4n) is 3.02. The molecular formula is C21H30N2O3. The number of aromatic nitrogens is 2. The third-order valence-electron chi connectivity index (χ3n) is 4.43. The van der Waals surface area contributed by atoms with Gasteiger partial charge in [0.2, 0.25) is 0 Å². The van der Waals surface area contributed by atoms with Crippen LogP contribution in [0.4, 0.5) is 0 Å². The minimum absolute atomic E-state index is 0.115. The van der Waals surface area contributed by atoms with Gasteiger partial charge in [-0.3, -0.25) is 4.79 Å². The molecule has 0 saturated heterocycles. The maximum Gasteiger partial charge on any atom is 0.278 e. The number of phenols is 1. The summed E-state index contributed by atoms with van der Waals surface area (Å²) >= 11 is 0. The van der Waals surface area contributed by atoms with Crippen LogP contribution < -0.4 is 10.3 Å². The Morgan fingerprint density at radius 2 is 1.96 bits per heavy atom. The van der Waals surface area contributed by atoms with E-state index in [1.807, 2.05) is 34.6 Å². The second kappa shape index (κ2) is 8.88. The van der Waals surface area contributed by atoms with E-state index < -0.39 is 0 Å². The molecule has 0 radical (unpaired) electrons. The molecule has 1 aromatic carbocycles. The summed E-state index contributed by atoms with van der Waals surface area (Å²) < 4.78 is 7.35. The molecule has 5 nitrogen and oxygen atoms in total. The molecule has 5 heteroatoms. The molecule has 1 heterocycles. The number of hydrogen-bond acceptors (Lipinski definition) is 4. The fraction of sp³-hybridized carbons (Fsp3) is 0.524. The predicted molar refractivity (Wildman–Crippen MR) is 105 cm³/mol. The minimum atomic E-state index is -0.115. The second-order valence-corrected chi connectivity index (χ2v) is 6.35. The quantitative estimate of drug-likeness (QED) is 0.835. The van der Waals surface area contributed by atoms with Crippen molar-refractivity contribution in [2.75, 3.05) is 6.61 Å². The molecule has 1 aliphatic rings. The van der Waals surface area contributed by atoms with E-state index in [2.05, 4.69) is 5.10 Å². The largest absolute Gasteiger partial charge is 0.508 e. The third kappa shape index (κ3) is 4.26. The molecule has 1 saturated carbocycles. The number of rotatable bonds is 6. The van der Waals surface area contributed by atoms with Gasteiger partial charge < -0.3 is 9.84 Å². The van der Waals surface area contributed by atoms with Crippen molar-refractivity contribution >= 4 is 0 Å². The Morgan fingerprint density at radius 3 is 2.54 bits per heavy atom. The Bertz CT molecular complexity index is 808. The smallest absolute Gasteiger partial charge is 0.278 e. The molecule has 0 unspecified atom stereocenters. The maximum absolute atomic E-state index is 13.1. The average molecular weight is 358 g/mol. The zero-order valence-electron chi connectivity index (χ0n) is 16.5. The molecular weight excluding hydrogens is 328 g/mol. The first-order chi connectivity index (χ1) is 12.5. The lowest BCUT2D eigenvalue weighted by Crippen LogP contribution is -2.27. The molecule has 0 aliphatic heterocycles. The molecule has 0 bridgehead atoms. The van der Waals surface area contributed by atoms with E-state index in [0.29, 0.717) is 30.4 Å². The number of aromatic hydroxyl groups is 1. The van der Waals surface area contributed by atoms with Gasteiger partial charge in [0.05, 0.1) is 12.2 Å². The lowest BCUT2D eigenvalue weighted by molar-refractivity contribution is 0.333. The highest BCUT2D eigenvalue weighted by molar-refractivity contribution is 5.74. The maximum atomic E-state index is 13.1. The van der Waals surface area contributed by atoms with Crippen molar-refractivity contribution in [2.24, 2.45) is 5.92 Å². The molecule has 0 amide bonds. The van der Waals surface area contributed by atoms with Gasteiger partial charge in [-0.1, -0.05) is 26.8 Å². The van der Waals surface area contributed by atoms with Gasteiger partial charge in [0.25, 0.3) is 5.56 Å². The number of benzene rings is 1. The summed E-state index contributed by atoms with van der Waals surface area (Å²) in [6.45, 7) is 10.9. The number of nitrogens with zero attached hydrogens (tertiary/aromatic N) is 2. The monoisotopic (exact) mass is 358 g/mol. The SMILES string of the molecule is CC.CCOc1c(C)nn(CC2CC2)c(=O)c1-c1ccc(O)cc1CC. The Morgan fingerprint density at radius 1 is 1.27 bits per heavy atom. The summed E-state index contributed by atoms with van der Waals surface area (Å²) in [5.74, 6) is 1.32. The molecule has 1 N–H and O–H groups in total. The zero-order valence-corrected chi connectivity index (χ0v) is 16.5. The summed E-state index contributed by atoms with van der Waals surface area (Å²) in [4.78, 5) is 13.1. The highest BCUT2D eigenvalue weighted by Crippen LogP contribution is 2.34. The predicted octanol–water partition coefficient (Wildman–Crippen LogP) is 4.32. The zero-order chi connectivity index (χ0) is 19.3. The highest BCUT2D eigenvalue weighted by atomic mass is 16.5. The van der Waals surface area contributed by atoms with Crippen LogP contribution in [0.15, 0.2) is 23.0 Å². The summed E-state index contributed by atoms with van der Waals surface area (Å²) in [5.41, 5.74) is 2.91. The third-order valence-corrected chi connectivity index (χ3v) is 4.43. The second-order valence-electron chi connectivity index (χ2n) is 6.35. The fourth-order valence-corrected chi connectivity index (χ4v) is 3.02. The van der Waals surface area contributed by atoms with Gasteiger partial charge in [0.1, 0.15) is 11.4 Å². The normalized spacial score (nSPS) is 13.1. The Balaban J connectivity index is 0.00000117. The van der Waals surface area contributed by atoms with Crippen molar-refractivity contribution in [3.05, 3.63) is 39.8 Å². The van der Waals surface area contributed by atoms with Crippen LogP contribution in [0.5, 0.6) is 11.5 Å². The molecule has 3 rings (SSSR count). The van der Waals surface area contributed by atoms with Crippen molar-refractivity contribution in [2.45, 2.75) is 60.4 Å². The van der Waals surface area contributed by atoms with E-state index in [1.54, 1.807) is 22.9 Å². The Kier molecular flexibility index (Phi) is 6.83. The van der Waals surface area contributed by atoms with Gasteiger partial charge in [-0.25, -0.2) is 4.68 Å². The van der Waals surface area contributed by atoms with Crippen LogP contribution in [-0.4, -0.2) is 21.5 Å². The lowest BCUT2D eigenvalue weighted by Gasteiger charge is -2.17. The standard InChI is InChI=1S/C19H24N2O3.C2H6/c1-4-14-10-15(22)8-9-16(14)17-18(24-5-2)12(3)20-21(19(17)23)11-13-6-7-13;1-2/h8-10,13,22H,4-7,11H2,1-3H3;1-2H3. The summed E-state index contributed by atoms with van der Waals surface area (Å²) in [7, 11) is 0. The van der Waals surface area contributed by atoms with Crippen LogP contribution in [0.3, 0.4) is 0 Å². The van der Waals surface area contributed by atoms with Gasteiger partial charge in [0, 0.05) is 6.54 Å². The molecule has 1 fully saturated rings. The molecule has 142 valence electrons. The Hall–Kier alpha value is -2.30. The number of phenolic OH excluding ortho intramolecular Hbond substituents is 1. The van der Waals surface area contributed by atoms with E-state index in [9.17, 15) is 9.90 Å². The average Bonchev–Trinajstić information content (AvgIpc) is 3.46. The topological polar surface area (TPSA) is 64.4 Å². The van der Waals surface area contributed by atoms with Gasteiger partial charge in [-0.15, -0.1) is 0 Å². The van der Waals surface area contributed by atoms with E-state index >= 15 is 0 Å². The number of hydrogen-bond donors (Lipinski definition) is 1. The summed E-state index contributed by atoms with van der Waals surface area (Å²) in [6.07, 6.45) is 3.04. The van der Waals surface area contributed by atoms with Crippen molar-refractivity contribution < 1.29 is 9.84 Å². The van der Waals surface area contributed by atoms with Crippen LogP contribution in [0.25, 0.3) is 11.1 Å². The highest BCUT2D eigenvalue weighted by Gasteiger charge is 2.26. The van der Waals surface area contributed by atoms with Crippen molar-refractivity contribution in [1.29, 1.82) is 0 Å². The summed E-state index contributed by atoms with van der Waals surface area (Å²) in [6, 6.07) is 5.13. The lowest BCUT2D eigenvalue weighted by atomic mass is 9.97. The van der Waals surface area contributed by atoms with Crippen LogP contribution >= 0.6 is 0 Å². The van der Waals surface area contributed by atoms with Crippen molar-refractivity contribution in [3.8, 4) is 22.6 Å². The Labute approximate surface area is 155 Å². The first-order valence-electron chi connectivity index (χ1n) is 9.61. The van der Waals surface area contributed by atoms with Gasteiger partial charge in [-0.05, 0) is 62.3 Å². The summed E-state index contributed by atoms with van der Waals surface area (Å²) in [5, 5.41) is 14.2. The minimum Gasteiger partial charge on any atom is -0.508 e. The van der Waals surface area contributed by atoms with E-state index in [1.165, 1.54) is 0 Å². The van der Waals surface area contributed by atoms with E-state index in [-0.39, 0.29) is 11.3 Å². The van der Waals surface area contributed by atoms with Crippen molar-refractivity contribution in [3.63, 3.8) is 0 Å². The molecule has 2 aromatic rings.